The van der Waals surface area contributed by atoms with Crippen molar-refractivity contribution in [2.24, 2.45) is 5.92 Å². The normalized spacial score (nSPS) is 14.6. The van der Waals surface area contributed by atoms with Gasteiger partial charge in [-0.25, -0.2) is 0 Å². The first-order chi connectivity index (χ1) is 7.65. The minimum Gasteiger partial charge on any atom is -0.347 e. The third-order valence-corrected chi connectivity index (χ3v) is 2.90. The van der Waals surface area contributed by atoms with Crippen LogP contribution >= 0.6 is 11.3 Å². The lowest BCUT2D eigenvalue weighted by atomic mass is 10.4. The van der Waals surface area contributed by atoms with Crippen LogP contribution in [0.25, 0.3) is 0 Å². The highest BCUT2D eigenvalue weighted by atomic mass is 32.1. The van der Waals surface area contributed by atoms with Crippen molar-refractivity contribution >= 4 is 28.3 Å². The summed E-state index contributed by atoms with van der Waals surface area (Å²) in [5, 5.41) is 13.9. The molecule has 0 aromatic carbocycles. The van der Waals surface area contributed by atoms with E-state index in [-0.39, 0.29) is 24.3 Å². The third kappa shape index (κ3) is 2.99. The molecule has 86 valence electrons. The molecule has 0 atom stereocenters. The highest BCUT2D eigenvalue weighted by molar-refractivity contribution is 7.15. The monoisotopic (exact) mass is 240 g/mol. The molecule has 1 aliphatic carbocycles. The molecule has 0 saturated heterocycles. The summed E-state index contributed by atoms with van der Waals surface area (Å²) >= 11 is 1.30. The number of rotatable bonds is 4. The molecule has 1 fully saturated rings. The Balaban J connectivity index is 1.73. The van der Waals surface area contributed by atoms with Crippen LogP contribution in [0.2, 0.25) is 0 Å². The summed E-state index contributed by atoms with van der Waals surface area (Å²) in [5.74, 6) is -0.190. The number of aryl methyl sites for hydroxylation is 1. The fraction of sp³-hybridized carbons (Fsp3) is 0.556. The average Bonchev–Trinajstić information content (AvgIpc) is 3.01. The maximum Gasteiger partial charge on any atom is 0.245 e. The van der Waals surface area contributed by atoms with E-state index in [4.69, 9.17) is 0 Å². The van der Waals surface area contributed by atoms with Crippen molar-refractivity contribution in [3.63, 3.8) is 0 Å². The summed E-state index contributed by atoms with van der Waals surface area (Å²) in [6.45, 7) is 1.80. The molecule has 2 N–H and O–H groups in total. The topological polar surface area (TPSA) is 84.0 Å². The third-order valence-electron chi connectivity index (χ3n) is 2.14. The Hall–Kier alpha value is -1.50. The minimum absolute atomic E-state index is 0.00599. The molecule has 6 nitrogen and oxygen atoms in total. The predicted octanol–water partition coefficient (Wildman–Crippen LogP) is 0.311. The molecule has 7 heteroatoms. The summed E-state index contributed by atoms with van der Waals surface area (Å²) in [7, 11) is 0. The van der Waals surface area contributed by atoms with Gasteiger partial charge in [-0.3, -0.25) is 14.9 Å². The quantitative estimate of drug-likeness (QED) is 0.793. The van der Waals surface area contributed by atoms with Crippen LogP contribution in [0.5, 0.6) is 0 Å². The van der Waals surface area contributed by atoms with Crippen molar-refractivity contribution in [1.29, 1.82) is 0 Å². The van der Waals surface area contributed by atoms with Gasteiger partial charge < -0.3 is 5.32 Å². The van der Waals surface area contributed by atoms with E-state index in [2.05, 4.69) is 20.8 Å². The van der Waals surface area contributed by atoms with E-state index in [1.54, 1.807) is 0 Å². The summed E-state index contributed by atoms with van der Waals surface area (Å²) < 4.78 is 0. The average molecular weight is 240 g/mol. The van der Waals surface area contributed by atoms with Crippen LogP contribution < -0.4 is 10.6 Å². The standard InChI is InChI=1S/C9H12N4O2S/c1-5-12-13-9(16-5)11-7(14)4-10-8(15)6-2-3-6/h6H,2-4H2,1H3,(H,10,15)(H,11,13,14). The number of hydrogen-bond donors (Lipinski definition) is 2. The first-order valence-corrected chi connectivity index (χ1v) is 5.84. The van der Waals surface area contributed by atoms with Crippen LogP contribution in [0.3, 0.4) is 0 Å². The second-order valence-corrected chi connectivity index (χ2v) is 4.85. The summed E-state index contributed by atoms with van der Waals surface area (Å²) in [6, 6.07) is 0. The maximum atomic E-state index is 11.4. The first-order valence-electron chi connectivity index (χ1n) is 5.03. The van der Waals surface area contributed by atoms with Gasteiger partial charge in [0.25, 0.3) is 0 Å². The molecule has 1 heterocycles. The molecule has 2 rings (SSSR count). The number of carbonyl (C=O) groups excluding carboxylic acids is 2. The Morgan fingerprint density at radius 2 is 2.19 bits per heavy atom. The van der Waals surface area contributed by atoms with E-state index < -0.39 is 0 Å². The molecule has 2 amide bonds. The summed E-state index contributed by atoms with van der Waals surface area (Å²) in [6.07, 6.45) is 1.87. The fourth-order valence-electron chi connectivity index (χ4n) is 1.17. The van der Waals surface area contributed by atoms with Crippen LogP contribution in [0.4, 0.5) is 5.13 Å². The van der Waals surface area contributed by atoms with E-state index in [1.807, 2.05) is 6.92 Å². The first kappa shape index (κ1) is 11.0. The van der Waals surface area contributed by atoms with Crippen LogP contribution in [0.1, 0.15) is 17.8 Å². The van der Waals surface area contributed by atoms with Gasteiger partial charge in [0.05, 0.1) is 6.54 Å². The molecule has 1 aliphatic rings. The van der Waals surface area contributed by atoms with Crippen LogP contribution in [0, 0.1) is 12.8 Å². The smallest absolute Gasteiger partial charge is 0.245 e. The van der Waals surface area contributed by atoms with E-state index in [0.717, 1.165) is 17.8 Å². The molecule has 1 saturated carbocycles. The van der Waals surface area contributed by atoms with Crippen molar-refractivity contribution in [3.05, 3.63) is 5.01 Å². The molecule has 0 spiro atoms. The second-order valence-electron chi connectivity index (χ2n) is 3.67. The van der Waals surface area contributed by atoms with Crippen molar-refractivity contribution in [2.75, 3.05) is 11.9 Å². The Morgan fingerprint density at radius 3 is 2.75 bits per heavy atom. The minimum atomic E-state index is -0.273. The number of hydrogen-bond acceptors (Lipinski definition) is 5. The van der Waals surface area contributed by atoms with Gasteiger partial charge in [-0.15, -0.1) is 10.2 Å². The Bertz CT molecular complexity index is 413. The van der Waals surface area contributed by atoms with Crippen LogP contribution in [-0.4, -0.2) is 28.6 Å². The Morgan fingerprint density at radius 1 is 1.44 bits per heavy atom. The molecular weight excluding hydrogens is 228 g/mol. The van der Waals surface area contributed by atoms with Gasteiger partial charge in [-0.2, -0.15) is 0 Å². The number of carbonyl (C=O) groups is 2. The summed E-state index contributed by atoms with van der Waals surface area (Å²) in [4.78, 5) is 22.6. The highest BCUT2D eigenvalue weighted by Gasteiger charge is 2.29. The predicted molar refractivity (Wildman–Crippen MR) is 59.0 cm³/mol. The number of aromatic nitrogens is 2. The maximum absolute atomic E-state index is 11.4. The van der Waals surface area contributed by atoms with Crippen molar-refractivity contribution in [2.45, 2.75) is 19.8 Å². The van der Waals surface area contributed by atoms with E-state index in [1.165, 1.54) is 11.3 Å². The van der Waals surface area contributed by atoms with E-state index >= 15 is 0 Å². The lowest BCUT2D eigenvalue weighted by molar-refractivity contribution is -0.125. The molecule has 1 aromatic heterocycles. The molecule has 0 aliphatic heterocycles. The number of amides is 2. The van der Waals surface area contributed by atoms with E-state index in [9.17, 15) is 9.59 Å². The molecule has 1 aromatic rings. The van der Waals surface area contributed by atoms with Gasteiger partial charge in [0.1, 0.15) is 5.01 Å². The van der Waals surface area contributed by atoms with Crippen molar-refractivity contribution in [1.82, 2.24) is 15.5 Å². The number of nitrogens with zero attached hydrogens (tertiary/aromatic N) is 2. The highest BCUT2D eigenvalue weighted by Crippen LogP contribution is 2.28. The van der Waals surface area contributed by atoms with Crippen molar-refractivity contribution in [3.8, 4) is 0 Å². The van der Waals surface area contributed by atoms with Crippen molar-refractivity contribution < 1.29 is 9.59 Å². The lowest BCUT2D eigenvalue weighted by Gasteiger charge is -2.03. The van der Waals surface area contributed by atoms with Gasteiger partial charge in [0.2, 0.25) is 16.9 Å². The van der Waals surface area contributed by atoms with Gasteiger partial charge in [-0.1, -0.05) is 11.3 Å². The Kier molecular flexibility index (Phi) is 3.14. The molecule has 16 heavy (non-hydrogen) atoms. The fourth-order valence-corrected chi connectivity index (χ4v) is 1.78. The van der Waals surface area contributed by atoms with Crippen LogP contribution in [-0.2, 0) is 9.59 Å². The SMILES string of the molecule is Cc1nnc(NC(=O)CNC(=O)C2CC2)s1. The zero-order valence-electron chi connectivity index (χ0n) is 8.82. The molecule has 0 bridgehead atoms. The zero-order chi connectivity index (χ0) is 11.5. The largest absolute Gasteiger partial charge is 0.347 e. The van der Waals surface area contributed by atoms with E-state index in [0.29, 0.717) is 5.13 Å². The second kappa shape index (κ2) is 4.56. The Labute approximate surface area is 96.5 Å². The molecule has 0 unspecified atom stereocenters. The van der Waals surface area contributed by atoms with Gasteiger partial charge >= 0.3 is 0 Å². The molecule has 0 radical (unpaired) electrons. The van der Waals surface area contributed by atoms with Gasteiger partial charge in [-0.05, 0) is 19.8 Å². The number of anilines is 1. The van der Waals surface area contributed by atoms with Crippen LogP contribution in [0.15, 0.2) is 0 Å². The zero-order valence-corrected chi connectivity index (χ0v) is 9.63. The molecular formula is C9H12N4O2S. The summed E-state index contributed by atoms with van der Waals surface area (Å²) in [5.41, 5.74) is 0. The number of nitrogens with one attached hydrogen (secondary N) is 2. The van der Waals surface area contributed by atoms with Gasteiger partial charge in [0.15, 0.2) is 0 Å². The lowest BCUT2D eigenvalue weighted by Crippen LogP contribution is -2.33. The van der Waals surface area contributed by atoms with Gasteiger partial charge in [0, 0.05) is 5.92 Å².